The number of aryl methyl sites for hydroxylation is 3. The van der Waals surface area contributed by atoms with Crippen LogP contribution in [0.15, 0.2) is 12.1 Å². The van der Waals surface area contributed by atoms with Gasteiger partial charge in [-0.15, -0.1) is 0 Å². The lowest BCUT2D eigenvalue weighted by molar-refractivity contribution is -0.122. The fraction of sp³-hybridized carbons (Fsp3) is 0.562. The predicted molar refractivity (Wildman–Crippen MR) is 73.4 cm³/mol. The molecule has 0 aliphatic carbocycles. The molecule has 17 heavy (non-hydrogen) atoms. The second-order valence-corrected chi connectivity index (χ2v) is 5.01. The number of carbonyl (C=O) groups excluding carboxylic acids is 1. The molecule has 0 aliphatic heterocycles. The quantitative estimate of drug-likeness (QED) is 0.745. The Labute approximate surface area is 105 Å². The highest BCUT2D eigenvalue weighted by Gasteiger charge is 2.17. The van der Waals surface area contributed by atoms with Gasteiger partial charge in [-0.3, -0.25) is 4.79 Å². The number of ketones is 1. The summed E-state index contributed by atoms with van der Waals surface area (Å²) in [5, 5.41) is 0. The Balaban J connectivity index is 2.98. The van der Waals surface area contributed by atoms with Crippen LogP contribution in [0.4, 0.5) is 0 Å². The van der Waals surface area contributed by atoms with E-state index in [1.807, 2.05) is 6.92 Å². The molecule has 0 saturated carbocycles. The van der Waals surface area contributed by atoms with Gasteiger partial charge in [0.2, 0.25) is 0 Å². The van der Waals surface area contributed by atoms with Gasteiger partial charge in [-0.25, -0.2) is 0 Å². The Bertz CT molecular complexity index is 381. The summed E-state index contributed by atoms with van der Waals surface area (Å²) in [5.41, 5.74) is 5.32. The van der Waals surface area contributed by atoms with Crippen LogP contribution >= 0.6 is 0 Å². The lowest BCUT2D eigenvalue weighted by atomic mass is 9.87. The van der Waals surface area contributed by atoms with Gasteiger partial charge in [-0.1, -0.05) is 31.5 Å². The van der Waals surface area contributed by atoms with Crippen molar-refractivity contribution in [2.24, 2.45) is 5.92 Å². The van der Waals surface area contributed by atoms with Gasteiger partial charge < -0.3 is 0 Å². The average Bonchev–Trinajstić information content (AvgIpc) is 2.27. The molecule has 1 heteroatoms. The van der Waals surface area contributed by atoms with Gasteiger partial charge in [0.25, 0.3) is 0 Å². The zero-order valence-electron chi connectivity index (χ0n) is 11.8. The van der Waals surface area contributed by atoms with Crippen LogP contribution in [0.3, 0.4) is 0 Å². The fourth-order valence-corrected chi connectivity index (χ4v) is 2.55. The lowest BCUT2D eigenvalue weighted by Gasteiger charge is -2.17. The number of Topliss-reactive ketones (excluding diaryl/α,β-unsaturated/α-hetero) is 1. The molecule has 0 radical (unpaired) electrons. The fourth-order valence-electron chi connectivity index (χ4n) is 2.55. The number of carbonyl (C=O) groups is 1. The first-order valence-electron chi connectivity index (χ1n) is 6.59. The highest BCUT2D eigenvalue weighted by molar-refractivity contribution is 5.81. The molecule has 0 fully saturated rings. The molecular weight excluding hydrogens is 208 g/mol. The zero-order valence-corrected chi connectivity index (χ0v) is 11.8. The van der Waals surface area contributed by atoms with Crippen molar-refractivity contribution in [3.63, 3.8) is 0 Å². The maximum atomic E-state index is 11.8. The highest BCUT2D eigenvalue weighted by Crippen LogP contribution is 2.22. The molecule has 94 valence electrons. The molecular formula is C16H24O. The van der Waals surface area contributed by atoms with E-state index in [2.05, 4.69) is 39.8 Å². The molecule has 0 amide bonds. The van der Waals surface area contributed by atoms with Gasteiger partial charge in [-0.05, 0) is 50.3 Å². The number of hydrogen-bond acceptors (Lipinski definition) is 1. The molecule has 1 rings (SSSR count). The summed E-state index contributed by atoms with van der Waals surface area (Å²) < 4.78 is 0. The minimum absolute atomic E-state index is 0.195. The first-order chi connectivity index (χ1) is 7.99. The summed E-state index contributed by atoms with van der Waals surface area (Å²) in [6.07, 6.45) is 2.50. The van der Waals surface area contributed by atoms with Gasteiger partial charge in [0.05, 0.1) is 0 Å². The molecule has 0 heterocycles. The van der Waals surface area contributed by atoms with E-state index in [4.69, 9.17) is 0 Å². The van der Waals surface area contributed by atoms with Crippen LogP contribution in [0.25, 0.3) is 0 Å². The maximum Gasteiger partial charge on any atom is 0.136 e. The van der Waals surface area contributed by atoms with E-state index in [-0.39, 0.29) is 5.92 Å². The van der Waals surface area contributed by atoms with E-state index in [1.54, 1.807) is 0 Å². The largest absolute Gasteiger partial charge is 0.299 e. The van der Waals surface area contributed by atoms with Crippen LogP contribution in [-0.4, -0.2) is 5.78 Å². The Hall–Kier alpha value is -1.11. The van der Waals surface area contributed by atoms with Gasteiger partial charge in [0, 0.05) is 12.3 Å². The summed E-state index contributed by atoms with van der Waals surface area (Å²) in [7, 11) is 0. The molecule has 0 aromatic heterocycles. The predicted octanol–water partition coefficient (Wildman–Crippen LogP) is 4.16. The second kappa shape index (κ2) is 6.00. The normalized spacial score (nSPS) is 12.5. The molecule has 1 aromatic rings. The third-order valence-electron chi connectivity index (χ3n) is 3.59. The summed E-state index contributed by atoms with van der Waals surface area (Å²) in [5.74, 6) is 0.590. The summed E-state index contributed by atoms with van der Waals surface area (Å²) in [6, 6.07) is 4.43. The smallest absolute Gasteiger partial charge is 0.136 e. The van der Waals surface area contributed by atoms with E-state index in [1.165, 1.54) is 22.3 Å². The van der Waals surface area contributed by atoms with Crippen LogP contribution in [0, 0.1) is 26.7 Å². The number of hydrogen-bond donors (Lipinski definition) is 0. The van der Waals surface area contributed by atoms with E-state index < -0.39 is 0 Å². The van der Waals surface area contributed by atoms with Gasteiger partial charge in [-0.2, -0.15) is 0 Å². The number of benzene rings is 1. The van der Waals surface area contributed by atoms with E-state index >= 15 is 0 Å². The van der Waals surface area contributed by atoms with Crippen LogP contribution < -0.4 is 0 Å². The van der Waals surface area contributed by atoms with Crippen LogP contribution in [0.1, 0.15) is 48.9 Å². The monoisotopic (exact) mass is 232 g/mol. The molecule has 0 spiro atoms. The Morgan fingerprint density at radius 3 is 2.06 bits per heavy atom. The Morgan fingerprint density at radius 2 is 1.65 bits per heavy atom. The molecule has 1 nitrogen and oxygen atoms in total. The van der Waals surface area contributed by atoms with Crippen molar-refractivity contribution in [2.45, 2.75) is 53.9 Å². The topological polar surface area (TPSA) is 17.1 Å². The van der Waals surface area contributed by atoms with Gasteiger partial charge in [0.15, 0.2) is 0 Å². The first-order valence-corrected chi connectivity index (χ1v) is 6.59. The van der Waals surface area contributed by atoms with Crippen LogP contribution in [0.2, 0.25) is 0 Å². The summed E-state index contributed by atoms with van der Waals surface area (Å²) in [4.78, 5) is 11.8. The van der Waals surface area contributed by atoms with Crippen LogP contribution in [0.5, 0.6) is 0 Å². The minimum Gasteiger partial charge on any atom is -0.299 e. The molecule has 0 saturated heterocycles. The van der Waals surface area contributed by atoms with E-state index in [9.17, 15) is 4.79 Å². The third-order valence-corrected chi connectivity index (χ3v) is 3.59. The van der Waals surface area contributed by atoms with E-state index in [0.717, 1.165) is 12.8 Å². The summed E-state index contributed by atoms with van der Waals surface area (Å²) >= 11 is 0. The molecule has 0 aliphatic rings. The zero-order chi connectivity index (χ0) is 13.0. The van der Waals surface area contributed by atoms with E-state index in [0.29, 0.717) is 12.2 Å². The standard InChI is InChI=1S/C16H24O/c1-6-14(16(17)7-2)10-15-12(4)8-11(3)9-13(15)5/h8-9,14H,6-7,10H2,1-5H3. The van der Waals surface area contributed by atoms with Gasteiger partial charge >= 0.3 is 0 Å². The number of rotatable bonds is 5. The Kier molecular flexibility index (Phi) is 4.92. The third kappa shape index (κ3) is 3.42. The molecule has 1 atom stereocenters. The van der Waals surface area contributed by atoms with Crippen molar-refractivity contribution < 1.29 is 4.79 Å². The Morgan fingerprint density at radius 1 is 1.12 bits per heavy atom. The highest BCUT2D eigenvalue weighted by atomic mass is 16.1. The second-order valence-electron chi connectivity index (χ2n) is 5.01. The van der Waals surface area contributed by atoms with Crippen molar-refractivity contribution >= 4 is 5.78 Å². The molecule has 1 aromatic carbocycles. The summed E-state index contributed by atoms with van der Waals surface area (Å²) in [6.45, 7) is 10.5. The van der Waals surface area contributed by atoms with Crippen molar-refractivity contribution in [1.29, 1.82) is 0 Å². The lowest BCUT2D eigenvalue weighted by Crippen LogP contribution is -2.16. The van der Waals surface area contributed by atoms with Crippen molar-refractivity contribution in [1.82, 2.24) is 0 Å². The SMILES string of the molecule is CCC(=O)C(CC)Cc1c(C)cc(C)cc1C. The average molecular weight is 232 g/mol. The first kappa shape index (κ1) is 14.0. The van der Waals surface area contributed by atoms with Crippen molar-refractivity contribution in [3.05, 3.63) is 34.4 Å². The van der Waals surface area contributed by atoms with Crippen molar-refractivity contribution in [3.8, 4) is 0 Å². The molecule has 1 unspecified atom stereocenters. The van der Waals surface area contributed by atoms with Crippen LogP contribution in [-0.2, 0) is 11.2 Å². The van der Waals surface area contributed by atoms with Crippen molar-refractivity contribution in [2.75, 3.05) is 0 Å². The molecule has 0 bridgehead atoms. The van der Waals surface area contributed by atoms with Gasteiger partial charge in [0.1, 0.15) is 5.78 Å². The minimum atomic E-state index is 0.195. The molecule has 0 N–H and O–H groups in total. The maximum absolute atomic E-state index is 11.8.